The van der Waals surface area contributed by atoms with Crippen molar-refractivity contribution in [2.45, 2.75) is 25.9 Å². The van der Waals surface area contributed by atoms with Crippen LogP contribution >= 0.6 is 0 Å². The topological polar surface area (TPSA) is 61.6 Å². The van der Waals surface area contributed by atoms with Gasteiger partial charge < -0.3 is 13.9 Å². The van der Waals surface area contributed by atoms with E-state index in [1.54, 1.807) is 6.92 Å². The molecule has 0 aliphatic rings. The number of esters is 1. The molecule has 0 saturated carbocycles. The van der Waals surface area contributed by atoms with E-state index < -0.39 is 47.5 Å². The minimum absolute atomic E-state index is 0.0588. The predicted octanol–water partition coefficient (Wildman–Crippen LogP) is 5.62. The quantitative estimate of drug-likeness (QED) is 0.386. The van der Waals surface area contributed by atoms with Crippen molar-refractivity contribution in [3.05, 3.63) is 59.2 Å². The summed E-state index contributed by atoms with van der Waals surface area (Å²) in [5.41, 5.74) is -3.74. The highest BCUT2D eigenvalue weighted by atomic mass is 19.4. The number of benzene rings is 1. The molecule has 3 aromatic rings. The fourth-order valence-corrected chi connectivity index (χ4v) is 2.63. The monoisotopic (exact) mass is 433 g/mol. The van der Waals surface area contributed by atoms with E-state index in [4.69, 9.17) is 13.9 Å². The minimum atomic E-state index is -4.99. The Hall–Kier alpha value is -3.24. The van der Waals surface area contributed by atoms with Crippen molar-refractivity contribution in [2.24, 2.45) is 0 Å². The fourth-order valence-electron chi connectivity index (χ4n) is 2.63. The van der Waals surface area contributed by atoms with E-state index in [0.717, 1.165) is 6.07 Å². The molecule has 0 atom stereocenters. The minimum Gasteiger partial charge on any atom is -0.485 e. The summed E-state index contributed by atoms with van der Waals surface area (Å²) < 4.78 is 94.5. The van der Waals surface area contributed by atoms with Gasteiger partial charge in [0.1, 0.15) is 23.8 Å². The largest absolute Gasteiger partial charge is 0.485 e. The SMILES string of the molecule is CCOC(=O)c1ccc(COc2cc(C(F)(F)F)nc3c(C(F)(F)F)cccc23)o1. The molecule has 0 aliphatic heterocycles. The van der Waals surface area contributed by atoms with Crippen molar-refractivity contribution in [2.75, 3.05) is 6.61 Å². The summed E-state index contributed by atoms with van der Waals surface area (Å²) in [6.45, 7) is 1.26. The summed E-state index contributed by atoms with van der Waals surface area (Å²) in [5, 5.41) is -0.255. The Balaban J connectivity index is 2.00. The number of pyridine rings is 1. The first-order valence-electron chi connectivity index (χ1n) is 8.47. The average Bonchev–Trinajstić information content (AvgIpc) is 3.13. The summed E-state index contributed by atoms with van der Waals surface area (Å²) >= 11 is 0. The van der Waals surface area contributed by atoms with Gasteiger partial charge in [0, 0.05) is 11.5 Å². The molecule has 0 bridgehead atoms. The molecular weight excluding hydrogens is 420 g/mol. The van der Waals surface area contributed by atoms with Crippen molar-refractivity contribution in [3.63, 3.8) is 0 Å². The lowest BCUT2D eigenvalue weighted by Gasteiger charge is -2.15. The molecule has 1 aromatic carbocycles. The van der Waals surface area contributed by atoms with Crippen LogP contribution in [0.5, 0.6) is 5.75 Å². The van der Waals surface area contributed by atoms with Gasteiger partial charge in [0.2, 0.25) is 5.76 Å². The van der Waals surface area contributed by atoms with Crippen molar-refractivity contribution in [3.8, 4) is 5.75 Å². The smallest absolute Gasteiger partial charge is 0.433 e. The Morgan fingerprint density at radius 1 is 1.07 bits per heavy atom. The molecule has 0 amide bonds. The lowest BCUT2D eigenvalue weighted by atomic mass is 10.1. The first-order chi connectivity index (χ1) is 14.0. The van der Waals surface area contributed by atoms with Gasteiger partial charge in [-0.1, -0.05) is 6.07 Å². The maximum absolute atomic E-state index is 13.2. The number of fused-ring (bicyclic) bond motifs is 1. The molecule has 30 heavy (non-hydrogen) atoms. The van der Waals surface area contributed by atoms with Gasteiger partial charge in [0.05, 0.1) is 17.7 Å². The zero-order valence-electron chi connectivity index (χ0n) is 15.2. The number of nitrogens with zero attached hydrogens (tertiary/aromatic N) is 1. The lowest BCUT2D eigenvalue weighted by Crippen LogP contribution is -2.12. The van der Waals surface area contributed by atoms with Crippen LogP contribution in [0.25, 0.3) is 10.9 Å². The van der Waals surface area contributed by atoms with E-state index in [9.17, 15) is 31.1 Å². The molecule has 11 heteroatoms. The number of ether oxygens (including phenoxy) is 2. The molecule has 160 valence electrons. The van der Waals surface area contributed by atoms with Crippen LogP contribution in [0.15, 0.2) is 40.8 Å². The third-order valence-corrected chi connectivity index (χ3v) is 3.91. The van der Waals surface area contributed by atoms with Gasteiger partial charge in [-0.05, 0) is 31.2 Å². The molecule has 0 aliphatic carbocycles. The normalized spacial score (nSPS) is 12.2. The summed E-state index contributed by atoms with van der Waals surface area (Å²) in [6, 6.07) is 5.97. The highest BCUT2D eigenvalue weighted by Crippen LogP contribution is 2.40. The lowest BCUT2D eigenvalue weighted by molar-refractivity contribution is -0.142. The van der Waals surface area contributed by atoms with Gasteiger partial charge in [-0.3, -0.25) is 0 Å². The van der Waals surface area contributed by atoms with Gasteiger partial charge in [0.25, 0.3) is 0 Å². The maximum atomic E-state index is 13.2. The van der Waals surface area contributed by atoms with Crippen molar-refractivity contribution >= 4 is 16.9 Å². The van der Waals surface area contributed by atoms with Gasteiger partial charge in [-0.15, -0.1) is 0 Å². The molecule has 3 rings (SSSR count). The second-order valence-corrected chi connectivity index (χ2v) is 5.98. The average molecular weight is 433 g/mol. The third-order valence-electron chi connectivity index (χ3n) is 3.91. The van der Waals surface area contributed by atoms with Crippen LogP contribution in [-0.2, 0) is 23.7 Å². The second-order valence-electron chi connectivity index (χ2n) is 5.98. The van der Waals surface area contributed by atoms with E-state index in [-0.39, 0.29) is 23.5 Å². The Kier molecular flexibility index (Phi) is 5.64. The Bertz CT molecular complexity index is 1070. The number of hydrogen-bond acceptors (Lipinski definition) is 5. The highest BCUT2D eigenvalue weighted by Gasteiger charge is 2.37. The number of furan rings is 1. The Morgan fingerprint density at radius 2 is 1.80 bits per heavy atom. The zero-order valence-corrected chi connectivity index (χ0v) is 15.2. The molecule has 0 saturated heterocycles. The molecule has 2 heterocycles. The molecule has 0 unspecified atom stereocenters. The fraction of sp³-hybridized carbons (Fsp3) is 0.263. The van der Waals surface area contributed by atoms with E-state index >= 15 is 0 Å². The molecular formula is C19H13F6NO4. The summed E-state index contributed by atoms with van der Waals surface area (Å²) in [6.07, 6.45) is -9.91. The van der Waals surface area contributed by atoms with Crippen LogP contribution in [-0.4, -0.2) is 17.6 Å². The molecule has 2 aromatic heterocycles. The van der Waals surface area contributed by atoms with E-state index in [0.29, 0.717) is 12.1 Å². The third kappa shape index (κ3) is 4.50. The maximum Gasteiger partial charge on any atom is 0.433 e. The standard InChI is InChI=1S/C19H13F6NO4/c1-2-28-17(27)13-7-6-10(30-13)9-29-14-8-15(19(23,24)25)26-16-11(14)4-3-5-12(16)18(20,21)22/h3-8H,2,9H2,1H3. The predicted molar refractivity (Wildman–Crippen MR) is 90.7 cm³/mol. The van der Waals surface area contributed by atoms with Crippen LogP contribution in [0, 0.1) is 0 Å². The summed E-state index contributed by atoms with van der Waals surface area (Å²) in [5.74, 6) is -1.30. The zero-order chi connectivity index (χ0) is 22.1. The van der Waals surface area contributed by atoms with Gasteiger partial charge >= 0.3 is 18.3 Å². The van der Waals surface area contributed by atoms with Gasteiger partial charge in [-0.25, -0.2) is 9.78 Å². The van der Waals surface area contributed by atoms with Gasteiger partial charge in [0.15, 0.2) is 0 Å². The summed E-state index contributed by atoms with van der Waals surface area (Å²) in [7, 11) is 0. The molecule has 0 fully saturated rings. The number of hydrogen-bond donors (Lipinski definition) is 0. The van der Waals surface area contributed by atoms with Crippen molar-refractivity contribution in [1.82, 2.24) is 4.98 Å². The van der Waals surface area contributed by atoms with Gasteiger partial charge in [-0.2, -0.15) is 26.3 Å². The Morgan fingerprint density at radius 3 is 2.43 bits per heavy atom. The van der Waals surface area contributed by atoms with E-state index in [1.807, 2.05) is 0 Å². The number of halogens is 6. The second kappa shape index (κ2) is 7.88. The number of carbonyl (C=O) groups is 1. The number of para-hydroxylation sites is 1. The number of alkyl halides is 6. The summed E-state index contributed by atoms with van der Waals surface area (Å²) in [4.78, 5) is 14.8. The van der Waals surface area contributed by atoms with Crippen LogP contribution in [0.2, 0.25) is 0 Å². The van der Waals surface area contributed by atoms with Crippen molar-refractivity contribution in [1.29, 1.82) is 0 Å². The highest BCUT2D eigenvalue weighted by molar-refractivity contribution is 5.88. The number of carbonyl (C=O) groups excluding carboxylic acids is 1. The van der Waals surface area contributed by atoms with Crippen LogP contribution < -0.4 is 4.74 Å². The van der Waals surface area contributed by atoms with E-state index in [1.165, 1.54) is 18.2 Å². The number of aromatic nitrogens is 1. The molecule has 0 spiro atoms. The van der Waals surface area contributed by atoms with E-state index in [2.05, 4.69) is 4.98 Å². The van der Waals surface area contributed by atoms with Crippen LogP contribution in [0.4, 0.5) is 26.3 Å². The molecule has 0 radical (unpaired) electrons. The molecule has 5 nitrogen and oxygen atoms in total. The number of rotatable bonds is 5. The van der Waals surface area contributed by atoms with Crippen molar-refractivity contribution < 1.29 is 45.0 Å². The first kappa shape index (κ1) is 21.5. The first-order valence-corrected chi connectivity index (χ1v) is 8.47. The van der Waals surface area contributed by atoms with Crippen LogP contribution in [0.3, 0.4) is 0 Å². The van der Waals surface area contributed by atoms with Crippen LogP contribution in [0.1, 0.15) is 34.5 Å². The Labute approximate surface area is 165 Å². The molecule has 0 N–H and O–H groups in total.